The highest BCUT2D eigenvalue weighted by Crippen LogP contribution is 2.39. The van der Waals surface area contributed by atoms with Gasteiger partial charge in [-0.05, 0) is 24.3 Å². The van der Waals surface area contributed by atoms with E-state index in [0.29, 0.717) is 21.7 Å². The SMILES string of the molecule is COc1cccc(C(=O)Nc2cc(-c3csc(-c4sc(NC(=O)NCCO)nc4N)n3)c(F)cc2F)c1. The Morgan fingerprint density at radius 2 is 1.95 bits per heavy atom. The second-order valence-corrected chi connectivity index (χ2v) is 9.23. The summed E-state index contributed by atoms with van der Waals surface area (Å²) in [6, 6.07) is 7.57. The van der Waals surface area contributed by atoms with Crippen molar-refractivity contribution in [2.24, 2.45) is 0 Å². The summed E-state index contributed by atoms with van der Waals surface area (Å²) in [5.74, 6) is -1.86. The number of ether oxygens (including phenoxy) is 1. The number of anilines is 3. The standard InChI is InChI=1S/C23H20F2N6O4S2/c1-35-12-4-2-3-11(7-12)20(33)28-16-8-13(14(24)9-15(16)25)17-10-36-21(29-17)18-19(26)30-23(37-18)31-22(34)27-5-6-32/h2-4,7-10,32H,5-6,26H2,1H3,(H,28,33)(H2,27,30,31,34). The topological polar surface area (TPSA) is 151 Å². The van der Waals surface area contributed by atoms with E-state index in [2.05, 4.69) is 25.9 Å². The minimum absolute atomic E-state index is 0.0327. The molecule has 0 atom stereocenters. The van der Waals surface area contributed by atoms with Crippen LogP contribution < -0.4 is 26.4 Å². The molecule has 0 saturated heterocycles. The first-order valence-electron chi connectivity index (χ1n) is 10.6. The summed E-state index contributed by atoms with van der Waals surface area (Å²) in [6.45, 7) is -0.145. The molecule has 3 amide bonds. The highest BCUT2D eigenvalue weighted by Gasteiger charge is 2.20. The van der Waals surface area contributed by atoms with Gasteiger partial charge in [-0.25, -0.2) is 23.5 Å². The lowest BCUT2D eigenvalue weighted by molar-refractivity contribution is 0.102. The number of aliphatic hydroxyl groups excluding tert-OH is 1. The minimum Gasteiger partial charge on any atom is -0.497 e. The van der Waals surface area contributed by atoms with E-state index in [1.54, 1.807) is 17.5 Å². The van der Waals surface area contributed by atoms with Crippen LogP contribution in [0.1, 0.15) is 10.4 Å². The molecule has 0 unspecified atom stereocenters. The highest BCUT2D eigenvalue weighted by molar-refractivity contribution is 7.23. The van der Waals surface area contributed by atoms with Gasteiger partial charge in [-0.2, -0.15) is 0 Å². The maximum absolute atomic E-state index is 14.7. The number of carbonyl (C=O) groups excluding carboxylic acids is 2. The average molecular weight is 547 g/mol. The molecular weight excluding hydrogens is 526 g/mol. The van der Waals surface area contributed by atoms with Gasteiger partial charge < -0.3 is 26.2 Å². The number of nitrogens with one attached hydrogen (secondary N) is 3. The fourth-order valence-electron chi connectivity index (χ4n) is 3.15. The smallest absolute Gasteiger partial charge is 0.321 e. The van der Waals surface area contributed by atoms with Crippen molar-refractivity contribution in [3.05, 3.63) is 59.0 Å². The summed E-state index contributed by atoms with van der Waals surface area (Å²) in [7, 11) is 1.46. The Hall–Kier alpha value is -4.14. The number of benzene rings is 2. The van der Waals surface area contributed by atoms with E-state index in [1.165, 1.54) is 19.2 Å². The molecule has 2 aromatic carbocycles. The lowest BCUT2D eigenvalue weighted by atomic mass is 10.1. The van der Waals surface area contributed by atoms with E-state index in [0.717, 1.165) is 28.7 Å². The van der Waals surface area contributed by atoms with Crippen LogP contribution in [-0.4, -0.2) is 47.3 Å². The van der Waals surface area contributed by atoms with Gasteiger partial charge in [0.2, 0.25) is 0 Å². The molecule has 0 spiro atoms. The van der Waals surface area contributed by atoms with Crippen LogP contribution in [0.25, 0.3) is 21.1 Å². The number of methoxy groups -OCH3 is 1. The van der Waals surface area contributed by atoms with Crippen LogP contribution in [0.5, 0.6) is 5.75 Å². The number of aromatic nitrogens is 2. The first-order chi connectivity index (χ1) is 17.8. The highest BCUT2D eigenvalue weighted by atomic mass is 32.1. The third-order valence-corrected chi connectivity index (χ3v) is 6.86. The Kier molecular flexibility index (Phi) is 7.91. The number of nitrogens with two attached hydrogens (primary N) is 1. The Balaban J connectivity index is 1.57. The van der Waals surface area contributed by atoms with Gasteiger partial charge in [0.15, 0.2) is 5.13 Å². The fourth-order valence-corrected chi connectivity index (χ4v) is 4.95. The van der Waals surface area contributed by atoms with Crippen LogP contribution in [0.4, 0.5) is 30.2 Å². The summed E-state index contributed by atoms with van der Waals surface area (Å²) in [5.41, 5.74) is 6.14. The lowest BCUT2D eigenvalue weighted by Gasteiger charge is -2.10. The van der Waals surface area contributed by atoms with Crippen LogP contribution in [0, 0.1) is 11.6 Å². The summed E-state index contributed by atoms with van der Waals surface area (Å²) in [4.78, 5) is 33.3. The van der Waals surface area contributed by atoms with Crippen molar-refractivity contribution in [1.82, 2.24) is 15.3 Å². The van der Waals surface area contributed by atoms with Crippen LogP contribution >= 0.6 is 22.7 Å². The van der Waals surface area contributed by atoms with Crippen molar-refractivity contribution < 1.29 is 28.2 Å². The molecule has 0 radical (unpaired) electrons. The van der Waals surface area contributed by atoms with Gasteiger partial charge in [0.25, 0.3) is 5.91 Å². The molecule has 192 valence electrons. The molecule has 0 aliphatic heterocycles. The zero-order chi connectivity index (χ0) is 26.5. The Labute approximate surface area is 217 Å². The minimum atomic E-state index is -0.949. The normalized spacial score (nSPS) is 10.7. The van der Waals surface area contributed by atoms with Crippen molar-refractivity contribution in [2.45, 2.75) is 0 Å². The van der Waals surface area contributed by atoms with Gasteiger partial charge >= 0.3 is 6.03 Å². The Morgan fingerprint density at radius 1 is 1.14 bits per heavy atom. The molecular formula is C23H20F2N6O4S2. The molecule has 14 heteroatoms. The third-order valence-electron chi connectivity index (χ3n) is 4.88. The number of hydrogen-bond donors (Lipinski definition) is 5. The number of carbonyl (C=O) groups is 2. The molecule has 10 nitrogen and oxygen atoms in total. The van der Waals surface area contributed by atoms with E-state index in [9.17, 15) is 18.4 Å². The molecule has 0 aliphatic carbocycles. The van der Waals surface area contributed by atoms with Gasteiger partial charge in [0.1, 0.15) is 33.1 Å². The molecule has 0 aliphatic rings. The van der Waals surface area contributed by atoms with Gasteiger partial charge in [0.05, 0.1) is 25.1 Å². The van der Waals surface area contributed by atoms with Gasteiger partial charge in [-0.1, -0.05) is 17.4 Å². The molecule has 2 heterocycles. The zero-order valence-corrected chi connectivity index (χ0v) is 20.8. The van der Waals surface area contributed by atoms with E-state index in [1.807, 2.05) is 0 Å². The van der Waals surface area contributed by atoms with Crippen molar-refractivity contribution >= 4 is 51.2 Å². The number of urea groups is 1. The molecule has 4 rings (SSSR count). The largest absolute Gasteiger partial charge is 0.497 e. The summed E-state index contributed by atoms with van der Waals surface area (Å²) < 4.78 is 34.3. The number of rotatable bonds is 8. The molecule has 37 heavy (non-hydrogen) atoms. The number of aliphatic hydroxyl groups is 1. The number of nitrogens with zero attached hydrogens (tertiary/aromatic N) is 2. The van der Waals surface area contributed by atoms with Crippen molar-refractivity contribution in [3.63, 3.8) is 0 Å². The predicted molar refractivity (Wildman–Crippen MR) is 138 cm³/mol. The van der Waals surface area contributed by atoms with Crippen LogP contribution in [-0.2, 0) is 0 Å². The maximum Gasteiger partial charge on any atom is 0.321 e. The van der Waals surface area contributed by atoms with Gasteiger partial charge in [-0.3, -0.25) is 10.1 Å². The Morgan fingerprint density at radius 3 is 2.70 bits per heavy atom. The monoisotopic (exact) mass is 546 g/mol. The fraction of sp³-hybridized carbons (Fsp3) is 0.130. The summed E-state index contributed by atoms with van der Waals surface area (Å²) >= 11 is 2.21. The molecule has 4 aromatic rings. The van der Waals surface area contributed by atoms with Crippen molar-refractivity contribution in [3.8, 4) is 26.9 Å². The quantitative estimate of drug-likeness (QED) is 0.222. The first-order valence-corrected chi connectivity index (χ1v) is 12.3. The maximum atomic E-state index is 14.7. The van der Waals surface area contributed by atoms with Crippen molar-refractivity contribution in [2.75, 3.05) is 36.6 Å². The number of nitrogen functional groups attached to an aromatic ring is 1. The number of amides is 3. The van der Waals surface area contributed by atoms with Gasteiger partial charge in [-0.15, -0.1) is 11.3 Å². The molecule has 2 aromatic heterocycles. The zero-order valence-electron chi connectivity index (χ0n) is 19.2. The Bertz CT molecular complexity index is 1460. The first kappa shape index (κ1) is 25.9. The number of hydrogen-bond acceptors (Lipinski definition) is 9. The molecule has 0 saturated carbocycles. The molecule has 6 N–H and O–H groups in total. The van der Waals surface area contributed by atoms with E-state index in [4.69, 9.17) is 15.6 Å². The molecule has 0 fully saturated rings. The third kappa shape index (κ3) is 5.99. The van der Waals surface area contributed by atoms with Crippen LogP contribution in [0.2, 0.25) is 0 Å². The molecule has 0 bridgehead atoms. The second-order valence-electron chi connectivity index (χ2n) is 7.37. The van der Waals surface area contributed by atoms with Crippen molar-refractivity contribution in [1.29, 1.82) is 0 Å². The van der Waals surface area contributed by atoms with Crippen LogP contribution in [0.15, 0.2) is 41.8 Å². The number of thiazole rings is 2. The summed E-state index contributed by atoms with van der Waals surface area (Å²) in [5, 5.41) is 18.3. The van der Waals surface area contributed by atoms with E-state index in [-0.39, 0.29) is 46.6 Å². The lowest BCUT2D eigenvalue weighted by Crippen LogP contribution is -2.30. The number of halogens is 2. The second kappa shape index (κ2) is 11.3. The summed E-state index contributed by atoms with van der Waals surface area (Å²) in [6.07, 6.45) is 0. The van der Waals surface area contributed by atoms with E-state index < -0.39 is 23.6 Å². The van der Waals surface area contributed by atoms with E-state index >= 15 is 0 Å². The van der Waals surface area contributed by atoms with Crippen LogP contribution in [0.3, 0.4) is 0 Å². The average Bonchev–Trinajstić information content (AvgIpc) is 3.50. The van der Waals surface area contributed by atoms with Gasteiger partial charge in [0, 0.05) is 29.1 Å². The predicted octanol–water partition coefficient (Wildman–Crippen LogP) is 4.17.